The van der Waals surface area contributed by atoms with Crippen molar-refractivity contribution in [1.82, 2.24) is 4.57 Å². The van der Waals surface area contributed by atoms with Crippen molar-refractivity contribution in [3.63, 3.8) is 0 Å². The van der Waals surface area contributed by atoms with E-state index in [4.69, 9.17) is 4.74 Å². The van der Waals surface area contributed by atoms with Crippen molar-refractivity contribution >= 4 is 11.6 Å². The van der Waals surface area contributed by atoms with Gasteiger partial charge in [-0.1, -0.05) is 24.3 Å². The minimum atomic E-state index is -4.54. The molecule has 0 unspecified atom stereocenters. The Labute approximate surface area is 187 Å². The highest BCUT2D eigenvalue weighted by Gasteiger charge is 2.36. The molecule has 4 rings (SSSR count). The predicted octanol–water partition coefficient (Wildman–Crippen LogP) is 4.40. The lowest BCUT2D eigenvalue weighted by atomic mass is 9.75. The van der Waals surface area contributed by atoms with Gasteiger partial charge >= 0.3 is 6.18 Å². The summed E-state index contributed by atoms with van der Waals surface area (Å²) in [6.45, 7) is -1.51. The zero-order valence-corrected chi connectivity index (χ0v) is 17.4. The number of halogens is 3. The summed E-state index contributed by atoms with van der Waals surface area (Å²) in [5.41, 5.74) is -0.431. The zero-order chi connectivity index (χ0) is 23.6. The Bertz CT molecular complexity index is 1220. The van der Waals surface area contributed by atoms with Crippen molar-refractivity contribution in [3.8, 4) is 11.4 Å². The molecule has 6 nitrogen and oxygen atoms in total. The van der Waals surface area contributed by atoms with Gasteiger partial charge in [0.2, 0.25) is 0 Å². The first-order valence-corrected chi connectivity index (χ1v) is 10.3. The molecule has 0 spiro atoms. The van der Waals surface area contributed by atoms with Crippen LogP contribution in [0.2, 0.25) is 0 Å². The molecule has 1 aliphatic rings. The Hall–Kier alpha value is -3.59. The smallest absolute Gasteiger partial charge is 0.422 e. The highest BCUT2D eigenvalue weighted by atomic mass is 19.4. The predicted molar refractivity (Wildman–Crippen MR) is 116 cm³/mol. The molecule has 0 saturated heterocycles. The maximum Gasteiger partial charge on any atom is 0.422 e. The number of hydrogen-bond acceptors (Lipinski definition) is 4. The largest absolute Gasteiger partial charge is 0.482 e. The van der Waals surface area contributed by atoms with E-state index in [0.717, 1.165) is 16.6 Å². The van der Waals surface area contributed by atoms with Crippen LogP contribution in [0.3, 0.4) is 0 Å². The molecule has 1 amide bonds. The fourth-order valence-corrected chi connectivity index (χ4v) is 3.66. The van der Waals surface area contributed by atoms with Gasteiger partial charge in [0.1, 0.15) is 11.3 Å². The first-order valence-electron chi connectivity index (χ1n) is 10.3. The van der Waals surface area contributed by atoms with Crippen LogP contribution in [0.1, 0.15) is 35.2 Å². The van der Waals surface area contributed by atoms with Crippen molar-refractivity contribution in [3.05, 3.63) is 88.3 Å². The van der Waals surface area contributed by atoms with Gasteiger partial charge in [-0.15, -0.1) is 0 Å². The second-order valence-corrected chi connectivity index (χ2v) is 7.89. The van der Waals surface area contributed by atoms with Crippen LogP contribution >= 0.6 is 0 Å². The number of pyridine rings is 1. The zero-order valence-electron chi connectivity index (χ0n) is 17.4. The summed E-state index contributed by atoms with van der Waals surface area (Å²) >= 11 is 0. The Morgan fingerprint density at radius 2 is 1.76 bits per heavy atom. The van der Waals surface area contributed by atoms with Crippen molar-refractivity contribution in [2.24, 2.45) is 0 Å². The molecule has 172 valence electrons. The lowest BCUT2D eigenvalue weighted by Gasteiger charge is -2.37. The Balaban J connectivity index is 1.56. The van der Waals surface area contributed by atoms with Crippen LogP contribution in [0.4, 0.5) is 18.9 Å². The number of carbonyl (C=O) groups is 1. The van der Waals surface area contributed by atoms with E-state index in [1.165, 1.54) is 36.5 Å². The summed E-state index contributed by atoms with van der Waals surface area (Å²) in [6, 6.07) is 15.3. The lowest BCUT2D eigenvalue weighted by molar-refractivity contribution is -0.153. The fourth-order valence-electron chi connectivity index (χ4n) is 3.66. The maximum absolute atomic E-state index is 13.0. The average molecular weight is 458 g/mol. The van der Waals surface area contributed by atoms with Gasteiger partial charge in [-0.25, -0.2) is 0 Å². The van der Waals surface area contributed by atoms with Crippen LogP contribution in [0.15, 0.2) is 71.7 Å². The third-order valence-corrected chi connectivity index (χ3v) is 5.57. The first-order chi connectivity index (χ1) is 15.7. The van der Waals surface area contributed by atoms with E-state index in [2.05, 4.69) is 5.32 Å². The standard InChI is InChI=1S/C24H21F3N2O4/c25-24(26,27)15-33-20-7-2-1-6-19(20)29-14-3-5-18(22(29)31)21(30)28-17-10-8-16(9-11-17)23(32)12-4-13-23/h1-3,5-11,14,32H,4,12-13,15H2,(H,28,30). The number of hydrogen-bond donors (Lipinski definition) is 2. The van der Waals surface area contributed by atoms with E-state index in [0.29, 0.717) is 18.5 Å². The number of rotatable bonds is 6. The van der Waals surface area contributed by atoms with Crippen molar-refractivity contribution < 1.29 is 27.8 Å². The molecule has 0 aliphatic heterocycles. The lowest BCUT2D eigenvalue weighted by Crippen LogP contribution is -2.33. The van der Waals surface area contributed by atoms with Crippen molar-refractivity contribution in [2.45, 2.75) is 31.0 Å². The third kappa shape index (κ3) is 4.93. The molecule has 3 aromatic rings. The van der Waals surface area contributed by atoms with Gasteiger partial charge in [0, 0.05) is 11.9 Å². The van der Waals surface area contributed by atoms with E-state index in [1.54, 1.807) is 30.3 Å². The molecule has 0 atom stereocenters. The second kappa shape index (κ2) is 8.74. The van der Waals surface area contributed by atoms with Gasteiger partial charge in [-0.3, -0.25) is 14.2 Å². The summed E-state index contributed by atoms with van der Waals surface area (Å²) in [5, 5.41) is 13.0. The summed E-state index contributed by atoms with van der Waals surface area (Å²) in [7, 11) is 0. The second-order valence-electron chi connectivity index (χ2n) is 7.89. The Kier molecular flexibility index (Phi) is 5.99. The van der Waals surface area contributed by atoms with E-state index < -0.39 is 29.9 Å². The first kappa shape index (κ1) is 22.6. The van der Waals surface area contributed by atoms with Crippen LogP contribution in [0, 0.1) is 0 Å². The molecule has 0 radical (unpaired) electrons. The maximum atomic E-state index is 13.0. The molecular formula is C24H21F3N2O4. The molecule has 1 heterocycles. The molecule has 9 heteroatoms. The van der Waals surface area contributed by atoms with Gasteiger partial charge in [-0.05, 0) is 61.2 Å². The summed E-state index contributed by atoms with van der Waals surface area (Å²) in [5.74, 6) is -0.808. The SMILES string of the molecule is O=C(Nc1ccc(C2(O)CCC2)cc1)c1cccn(-c2ccccc2OCC(F)(F)F)c1=O. The van der Waals surface area contributed by atoms with Crippen molar-refractivity contribution in [2.75, 3.05) is 11.9 Å². The summed E-state index contributed by atoms with van der Waals surface area (Å²) in [4.78, 5) is 25.7. The summed E-state index contributed by atoms with van der Waals surface area (Å²) in [6.07, 6.45) is -0.848. The molecule has 1 saturated carbocycles. The van der Waals surface area contributed by atoms with Gasteiger partial charge in [-0.2, -0.15) is 13.2 Å². The van der Waals surface area contributed by atoms with Crippen LogP contribution in [0.25, 0.3) is 5.69 Å². The van der Waals surface area contributed by atoms with Crippen LogP contribution in [-0.2, 0) is 5.60 Å². The molecule has 2 aromatic carbocycles. The van der Waals surface area contributed by atoms with E-state index in [1.807, 2.05) is 0 Å². The molecule has 33 heavy (non-hydrogen) atoms. The van der Waals surface area contributed by atoms with Crippen LogP contribution in [0.5, 0.6) is 5.75 Å². The van der Waals surface area contributed by atoms with E-state index in [9.17, 15) is 27.9 Å². The molecule has 0 bridgehead atoms. The van der Waals surface area contributed by atoms with E-state index >= 15 is 0 Å². The van der Waals surface area contributed by atoms with Gasteiger partial charge < -0.3 is 15.2 Å². The average Bonchev–Trinajstić information content (AvgIpc) is 2.76. The Morgan fingerprint density at radius 3 is 2.39 bits per heavy atom. The van der Waals surface area contributed by atoms with Gasteiger partial charge in [0.15, 0.2) is 6.61 Å². The number of nitrogens with one attached hydrogen (secondary N) is 1. The Morgan fingerprint density at radius 1 is 1.06 bits per heavy atom. The number of anilines is 1. The van der Waals surface area contributed by atoms with Crippen LogP contribution < -0.4 is 15.6 Å². The number of alkyl halides is 3. The van der Waals surface area contributed by atoms with Gasteiger partial charge in [0.25, 0.3) is 11.5 Å². The number of para-hydroxylation sites is 2. The van der Waals surface area contributed by atoms with E-state index in [-0.39, 0.29) is 17.0 Å². The minimum Gasteiger partial charge on any atom is -0.482 e. The highest BCUT2D eigenvalue weighted by molar-refractivity contribution is 6.04. The number of amides is 1. The molecule has 1 fully saturated rings. The molecule has 1 aliphatic carbocycles. The monoisotopic (exact) mass is 458 g/mol. The molecular weight excluding hydrogens is 437 g/mol. The highest BCUT2D eigenvalue weighted by Crippen LogP contribution is 2.41. The quantitative estimate of drug-likeness (QED) is 0.574. The number of benzene rings is 2. The third-order valence-electron chi connectivity index (χ3n) is 5.57. The van der Waals surface area contributed by atoms with Crippen molar-refractivity contribution in [1.29, 1.82) is 0 Å². The number of ether oxygens (including phenoxy) is 1. The summed E-state index contributed by atoms with van der Waals surface area (Å²) < 4.78 is 43.7. The normalized spacial score (nSPS) is 14.9. The van der Waals surface area contributed by atoms with Gasteiger partial charge in [0.05, 0.1) is 11.3 Å². The number of aromatic nitrogens is 1. The fraction of sp³-hybridized carbons (Fsp3) is 0.250. The topological polar surface area (TPSA) is 80.6 Å². The molecule has 1 aromatic heterocycles. The number of nitrogens with zero attached hydrogens (tertiary/aromatic N) is 1. The minimum absolute atomic E-state index is 0.0829. The number of carbonyl (C=O) groups excluding carboxylic acids is 1. The number of aliphatic hydroxyl groups is 1. The molecule has 2 N–H and O–H groups in total. The van der Waals surface area contributed by atoms with Crippen LogP contribution in [-0.4, -0.2) is 28.4 Å².